The number of hydrogen-bond donors (Lipinski definition) is 1. The average molecular weight is 293 g/mol. The molecule has 3 nitrogen and oxygen atoms in total. The Morgan fingerprint density at radius 3 is 2.55 bits per heavy atom. The third-order valence-electron chi connectivity index (χ3n) is 5.18. The Morgan fingerprint density at radius 2 is 2.00 bits per heavy atom. The van der Waals surface area contributed by atoms with Gasteiger partial charge >= 0.3 is 0 Å². The van der Waals surface area contributed by atoms with Gasteiger partial charge in [-0.2, -0.15) is 0 Å². The molecule has 110 valence electrons. The van der Waals surface area contributed by atoms with Gasteiger partial charge in [0.05, 0.1) is 11.5 Å². The Labute approximate surface area is 125 Å². The molecular weight excluding hydrogens is 270 g/mol. The molecule has 0 aromatic rings. The molecule has 1 aliphatic heterocycles. The molecular formula is C16H23NO2S. The van der Waals surface area contributed by atoms with Gasteiger partial charge in [0.2, 0.25) is 0 Å². The first-order valence-corrected chi connectivity index (χ1v) is 8.13. The van der Waals surface area contributed by atoms with E-state index in [1.54, 1.807) is 7.11 Å². The molecule has 4 heteroatoms. The van der Waals surface area contributed by atoms with E-state index in [9.17, 15) is 5.11 Å². The summed E-state index contributed by atoms with van der Waals surface area (Å²) in [5.74, 6) is 0.503. The SMILES string of the molecule is CO/N=C1\CC2(CCC2)SC2=C1CC(O)=C(C)C2(C)C. The van der Waals surface area contributed by atoms with Crippen molar-refractivity contribution < 1.29 is 9.94 Å². The van der Waals surface area contributed by atoms with Crippen molar-refractivity contribution in [2.45, 2.75) is 57.6 Å². The maximum Gasteiger partial charge on any atom is 0.106 e. The zero-order valence-electron chi connectivity index (χ0n) is 12.7. The van der Waals surface area contributed by atoms with Crippen LogP contribution >= 0.6 is 11.8 Å². The molecule has 1 fully saturated rings. The van der Waals surface area contributed by atoms with E-state index in [1.807, 2.05) is 11.8 Å². The zero-order chi connectivity index (χ0) is 14.5. The van der Waals surface area contributed by atoms with E-state index < -0.39 is 0 Å². The smallest absolute Gasteiger partial charge is 0.106 e. The van der Waals surface area contributed by atoms with E-state index in [2.05, 4.69) is 25.9 Å². The lowest BCUT2D eigenvalue weighted by Crippen LogP contribution is -2.42. The topological polar surface area (TPSA) is 41.8 Å². The molecule has 1 heterocycles. The highest BCUT2D eigenvalue weighted by atomic mass is 32.2. The fourth-order valence-electron chi connectivity index (χ4n) is 3.42. The Kier molecular flexibility index (Phi) is 3.20. The number of rotatable bonds is 1. The summed E-state index contributed by atoms with van der Waals surface area (Å²) < 4.78 is 0.334. The predicted octanol–water partition coefficient (Wildman–Crippen LogP) is 4.56. The van der Waals surface area contributed by atoms with Gasteiger partial charge in [-0.15, -0.1) is 11.8 Å². The second-order valence-corrected chi connectivity index (χ2v) is 8.20. The first-order valence-electron chi connectivity index (χ1n) is 7.32. The molecule has 1 spiro atoms. The molecule has 2 aliphatic carbocycles. The van der Waals surface area contributed by atoms with Crippen LogP contribution in [0.3, 0.4) is 0 Å². The monoisotopic (exact) mass is 293 g/mol. The van der Waals surface area contributed by atoms with Gasteiger partial charge in [-0.3, -0.25) is 0 Å². The van der Waals surface area contributed by atoms with Crippen LogP contribution in [0.1, 0.15) is 52.9 Å². The zero-order valence-corrected chi connectivity index (χ0v) is 13.6. The first-order chi connectivity index (χ1) is 9.39. The Hall–Kier alpha value is -0.900. The third kappa shape index (κ3) is 1.92. The molecule has 3 rings (SSSR count). The van der Waals surface area contributed by atoms with E-state index in [0.717, 1.165) is 17.7 Å². The minimum absolute atomic E-state index is 0.0974. The molecule has 0 aromatic heterocycles. The minimum atomic E-state index is -0.0974. The summed E-state index contributed by atoms with van der Waals surface area (Å²) in [5.41, 5.74) is 3.24. The number of hydrogen-bond acceptors (Lipinski definition) is 4. The normalized spacial score (nSPS) is 29.5. The highest BCUT2D eigenvalue weighted by Crippen LogP contribution is 2.61. The largest absolute Gasteiger partial charge is 0.512 e. The minimum Gasteiger partial charge on any atom is -0.512 e. The number of aliphatic hydroxyl groups excluding tert-OH is 1. The lowest BCUT2D eigenvalue weighted by Gasteiger charge is -2.50. The lowest BCUT2D eigenvalue weighted by atomic mass is 9.73. The van der Waals surface area contributed by atoms with Crippen LogP contribution in [0.4, 0.5) is 0 Å². The summed E-state index contributed by atoms with van der Waals surface area (Å²) in [6.45, 7) is 6.47. The Morgan fingerprint density at radius 1 is 1.30 bits per heavy atom. The van der Waals surface area contributed by atoms with Gasteiger partial charge in [-0.25, -0.2) is 0 Å². The van der Waals surface area contributed by atoms with E-state index in [-0.39, 0.29) is 5.41 Å². The van der Waals surface area contributed by atoms with E-state index in [4.69, 9.17) is 4.84 Å². The van der Waals surface area contributed by atoms with Gasteiger partial charge in [0.1, 0.15) is 7.11 Å². The molecule has 0 aromatic carbocycles. The highest BCUT2D eigenvalue weighted by molar-refractivity contribution is 8.04. The fraction of sp³-hybridized carbons (Fsp3) is 0.688. The van der Waals surface area contributed by atoms with Crippen molar-refractivity contribution in [2.24, 2.45) is 10.6 Å². The molecule has 20 heavy (non-hydrogen) atoms. The van der Waals surface area contributed by atoms with Gasteiger partial charge in [0, 0.05) is 27.9 Å². The van der Waals surface area contributed by atoms with Crippen molar-refractivity contribution in [1.29, 1.82) is 0 Å². The standard InChI is InChI=1S/C16H23NO2S/c1-10-13(18)8-11-12(17-19-4)9-16(6-5-7-16)20-14(11)15(10,2)3/h18H,5-9H2,1-4H3/b17-12+. The van der Waals surface area contributed by atoms with Crippen molar-refractivity contribution in [2.75, 3.05) is 7.11 Å². The Balaban J connectivity index is 2.09. The fourth-order valence-corrected chi connectivity index (χ4v) is 5.28. The van der Waals surface area contributed by atoms with Crippen LogP contribution in [0.15, 0.2) is 27.0 Å². The summed E-state index contributed by atoms with van der Waals surface area (Å²) >= 11 is 2.04. The summed E-state index contributed by atoms with van der Waals surface area (Å²) in [5, 5.41) is 14.6. The van der Waals surface area contributed by atoms with Crippen molar-refractivity contribution >= 4 is 17.5 Å². The lowest BCUT2D eigenvalue weighted by molar-refractivity contribution is 0.211. The van der Waals surface area contributed by atoms with Gasteiger partial charge < -0.3 is 9.94 Å². The number of thioether (sulfide) groups is 1. The summed E-state index contributed by atoms with van der Waals surface area (Å²) in [6.07, 6.45) is 5.43. The Bertz CT molecular complexity index is 539. The maximum atomic E-state index is 10.3. The van der Waals surface area contributed by atoms with Crippen LogP contribution in [0, 0.1) is 5.41 Å². The van der Waals surface area contributed by atoms with Crippen LogP contribution in [-0.4, -0.2) is 22.7 Å². The molecule has 0 saturated heterocycles. The predicted molar refractivity (Wildman–Crippen MR) is 84.0 cm³/mol. The van der Waals surface area contributed by atoms with Crippen LogP contribution in [0.2, 0.25) is 0 Å². The van der Waals surface area contributed by atoms with Crippen molar-refractivity contribution in [3.05, 3.63) is 21.8 Å². The molecule has 1 N–H and O–H groups in total. The summed E-state index contributed by atoms with van der Waals surface area (Å²) in [7, 11) is 1.61. The number of oxime groups is 1. The van der Waals surface area contributed by atoms with Gasteiger partial charge in [-0.1, -0.05) is 25.4 Å². The second kappa shape index (κ2) is 4.55. The molecule has 0 unspecified atom stereocenters. The van der Waals surface area contributed by atoms with E-state index >= 15 is 0 Å². The number of nitrogens with zero attached hydrogens (tertiary/aromatic N) is 1. The van der Waals surface area contributed by atoms with Crippen LogP contribution < -0.4 is 0 Å². The molecule has 1 saturated carbocycles. The summed E-state index contributed by atoms with van der Waals surface area (Å²) in [6, 6.07) is 0. The van der Waals surface area contributed by atoms with E-state index in [1.165, 1.54) is 29.7 Å². The number of allylic oxidation sites excluding steroid dienone is 3. The van der Waals surface area contributed by atoms with Crippen LogP contribution in [0.5, 0.6) is 0 Å². The van der Waals surface area contributed by atoms with Crippen molar-refractivity contribution in [3.8, 4) is 0 Å². The van der Waals surface area contributed by atoms with Gasteiger partial charge in [0.15, 0.2) is 0 Å². The first kappa shape index (κ1) is 14.1. The molecule has 0 bridgehead atoms. The van der Waals surface area contributed by atoms with Crippen molar-refractivity contribution in [1.82, 2.24) is 0 Å². The molecule has 3 aliphatic rings. The van der Waals surface area contributed by atoms with Crippen molar-refractivity contribution in [3.63, 3.8) is 0 Å². The van der Waals surface area contributed by atoms with Gasteiger partial charge in [-0.05, 0) is 30.9 Å². The van der Waals surface area contributed by atoms with Gasteiger partial charge in [0.25, 0.3) is 0 Å². The molecule has 0 radical (unpaired) electrons. The number of aliphatic hydroxyl groups is 1. The quantitative estimate of drug-likeness (QED) is 0.720. The molecule has 0 amide bonds. The van der Waals surface area contributed by atoms with E-state index in [0.29, 0.717) is 16.9 Å². The van der Waals surface area contributed by atoms with Crippen LogP contribution in [-0.2, 0) is 4.84 Å². The second-order valence-electron chi connectivity index (χ2n) is 6.72. The third-order valence-corrected chi connectivity index (χ3v) is 7.13. The maximum absolute atomic E-state index is 10.3. The molecule has 0 atom stereocenters. The average Bonchev–Trinajstić information content (AvgIpc) is 2.36. The highest BCUT2D eigenvalue weighted by Gasteiger charge is 2.49. The van der Waals surface area contributed by atoms with Crippen LogP contribution in [0.25, 0.3) is 0 Å². The summed E-state index contributed by atoms with van der Waals surface area (Å²) in [4.78, 5) is 6.47.